The van der Waals surface area contributed by atoms with Crippen molar-refractivity contribution in [1.29, 1.82) is 0 Å². The molecule has 0 aliphatic heterocycles. The number of benzene rings is 3. The van der Waals surface area contributed by atoms with E-state index in [9.17, 15) is 0 Å². The Labute approximate surface area is 157 Å². The second-order valence-corrected chi connectivity index (χ2v) is 7.55. The third-order valence-corrected chi connectivity index (χ3v) is 5.39. The van der Waals surface area contributed by atoms with Gasteiger partial charge in [-0.25, -0.2) is 0 Å². The van der Waals surface area contributed by atoms with Crippen LogP contribution >= 0.6 is 15.9 Å². The molecule has 0 atom stereocenters. The van der Waals surface area contributed by atoms with Crippen molar-refractivity contribution in [3.63, 3.8) is 0 Å². The van der Waals surface area contributed by atoms with Crippen LogP contribution < -0.4 is 0 Å². The highest BCUT2D eigenvalue weighted by atomic mass is 79.9. The van der Waals surface area contributed by atoms with Gasteiger partial charge >= 0.3 is 0 Å². The Morgan fingerprint density at radius 3 is 2.36 bits per heavy atom. The van der Waals surface area contributed by atoms with Crippen LogP contribution in [0.2, 0.25) is 0 Å². The third-order valence-electron chi connectivity index (χ3n) is 4.90. The molecule has 0 unspecified atom stereocenters. The van der Waals surface area contributed by atoms with E-state index in [1.807, 2.05) is 0 Å². The number of unbranched alkanes of at least 4 members (excludes halogenated alkanes) is 2. The molecular formula is C23H22BrN. The molecule has 3 aromatic carbocycles. The van der Waals surface area contributed by atoms with Gasteiger partial charge in [0, 0.05) is 20.9 Å². The maximum Gasteiger partial charge on any atom is 0.0552 e. The first kappa shape index (κ1) is 16.4. The van der Waals surface area contributed by atoms with Gasteiger partial charge in [-0.3, -0.25) is 0 Å². The summed E-state index contributed by atoms with van der Waals surface area (Å²) in [4.78, 5) is 0. The van der Waals surface area contributed by atoms with Crippen molar-refractivity contribution in [2.45, 2.75) is 32.6 Å². The lowest BCUT2D eigenvalue weighted by Crippen LogP contribution is -1.94. The Morgan fingerprint density at radius 2 is 1.56 bits per heavy atom. The maximum atomic E-state index is 3.63. The van der Waals surface area contributed by atoms with Crippen molar-refractivity contribution in [2.24, 2.45) is 0 Å². The normalized spacial score (nSPS) is 11.4. The number of halogens is 1. The van der Waals surface area contributed by atoms with Gasteiger partial charge in [0.2, 0.25) is 0 Å². The van der Waals surface area contributed by atoms with Gasteiger partial charge in [0.15, 0.2) is 0 Å². The second kappa shape index (κ2) is 7.05. The lowest BCUT2D eigenvalue weighted by atomic mass is 10.1. The van der Waals surface area contributed by atoms with Gasteiger partial charge in [0.05, 0.1) is 11.0 Å². The molecule has 4 rings (SSSR count). The van der Waals surface area contributed by atoms with Crippen LogP contribution in [0, 0.1) is 0 Å². The van der Waals surface area contributed by atoms with Crippen LogP contribution in [-0.4, -0.2) is 4.57 Å². The van der Waals surface area contributed by atoms with Gasteiger partial charge in [-0.05, 0) is 48.7 Å². The van der Waals surface area contributed by atoms with Crippen LogP contribution in [0.5, 0.6) is 0 Å². The molecule has 0 aliphatic carbocycles. The van der Waals surface area contributed by atoms with E-state index in [2.05, 4.69) is 94.2 Å². The molecule has 0 saturated heterocycles. The van der Waals surface area contributed by atoms with Crippen molar-refractivity contribution < 1.29 is 0 Å². The van der Waals surface area contributed by atoms with Crippen LogP contribution in [0.1, 0.15) is 31.7 Å². The summed E-state index contributed by atoms with van der Waals surface area (Å²) < 4.78 is 3.48. The van der Waals surface area contributed by atoms with Crippen LogP contribution in [0.4, 0.5) is 0 Å². The number of hydrogen-bond donors (Lipinski definition) is 0. The molecule has 25 heavy (non-hydrogen) atoms. The fraction of sp³-hybridized carbons (Fsp3) is 0.217. The Balaban J connectivity index is 1.83. The average molecular weight is 392 g/mol. The third kappa shape index (κ3) is 3.11. The smallest absolute Gasteiger partial charge is 0.0552 e. The van der Waals surface area contributed by atoms with E-state index in [1.54, 1.807) is 0 Å². The monoisotopic (exact) mass is 391 g/mol. The number of rotatable bonds is 5. The van der Waals surface area contributed by atoms with Gasteiger partial charge in [0.25, 0.3) is 0 Å². The predicted molar refractivity (Wildman–Crippen MR) is 112 cm³/mol. The summed E-state index contributed by atoms with van der Waals surface area (Å²) in [5, 5.41) is 2.60. The molecule has 0 aliphatic rings. The SMILES string of the molecule is CCCCCc1ccc(-n2c3ccccc3c3ccc(Br)cc32)cc1. The highest BCUT2D eigenvalue weighted by Crippen LogP contribution is 2.33. The molecule has 126 valence electrons. The summed E-state index contributed by atoms with van der Waals surface area (Å²) >= 11 is 3.63. The van der Waals surface area contributed by atoms with Gasteiger partial charge in [0.1, 0.15) is 0 Å². The quantitative estimate of drug-likeness (QED) is 0.315. The number of para-hydroxylation sites is 1. The van der Waals surface area contributed by atoms with Crippen molar-refractivity contribution in [3.05, 3.63) is 76.8 Å². The molecule has 0 bridgehead atoms. The minimum atomic E-state index is 1.11. The van der Waals surface area contributed by atoms with Crippen molar-refractivity contribution in [3.8, 4) is 5.69 Å². The molecule has 2 heteroatoms. The van der Waals surface area contributed by atoms with Gasteiger partial charge in [-0.15, -0.1) is 0 Å². The number of aromatic nitrogens is 1. The van der Waals surface area contributed by atoms with E-state index in [1.165, 1.54) is 58.7 Å². The van der Waals surface area contributed by atoms with Crippen molar-refractivity contribution in [1.82, 2.24) is 4.57 Å². The fourth-order valence-corrected chi connectivity index (χ4v) is 3.96. The zero-order valence-electron chi connectivity index (χ0n) is 14.5. The highest BCUT2D eigenvalue weighted by molar-refractivity contribution is 9.10. The minimum absolute atomic E-state index is 1.11. The number of aryl methyl sites for hydroxylation is 1. The first-order valence-corrected chi connectivity index (χ1v) is 9.85. The molecular weight excluding hydrogens is 370 g/mol. The van der Waals surface area contributed by atoms with E-state index in [4.69, 9.17) is 0 Å². The molecule has 0 fully saturated rings. The summed E-state index contributed by atoms with van der Waals surface area (Å²) in [7, 11) is 0. The number of nitrogens with zero attached hydrogens (tertiary/aromatic N) is 1. The molecule has 1 aromatic heterocycles. The highest BCUT2D eigenvalue weighted by Gasteiger charge is 2.12. The Hall–Kier alpha value is -2.06. The Morgan fingerprint density at radius 1 is 0.800 bits per heavy atom. The summed E-state index contributed by atoms with van der Waals surface area (Å²) in [6.07, 6.45) is 5.03. The van der Waals surface area contributed by atoms with Crippen LogP contribution in [0.3, 0.4) is 0 Å². The zero-order valence-corrected chi connectivity index (χ0v) is 16.1. The van der Waals surface area contributed by atoms with Crippen LogP contribution in [0.25, 0.3) is 27.5 Å². The molecule has 1 heterocycles. The fourth-order valence-electron chi connectivity index (χ4n) is 3.61. The van der Waals surface area contributed by atoms with Crippen LogP contribution in [0.15, 0.2) is 71.2 Å². The lowest BCUT2D eigenvalue weighted by Gasteiger charge is -2.09. The maximum absolute atomic E-state index is 3.63. The van der Waals surface area contributed by atoms with Crippen LogP contribution in [-0.2, 0) is 6.42 Å². The Kier molecular flexibility index (Phi) is 4.63. The molecule has 0 spiro atoms. The van der Waals surface area contributed by atoms with E-state index in [0.29, 0.717) is 0 Å². The Bertz CT molecular complexity index is 1010. The standard InChI is InChI=1S/C23H22BrN/c1-2-3-4-7-17-10-13-19(14-11-17)25-22-9-6-5-8-20(22)21-15-12-18(24)16-23(21)25/h5-6,8-16H,2-4,7H2,1H3. The topological polar surface area (TPSA) is 4.93 Å². The van der Waals surface area contributed by atoms with Gasteiger partial charge in [-0.1, -0.05) is 72.1 Å². The molecule has 0 amide bonds. The molecule has 0 N–H and O–H groups in total. The summed E-state index contributed by atoms with van der Waals surface area (Å²) in [6, 6.07) is 24.3. The average Bonchev–Trinajstić information content (AvgIpc) is 2.96. The van der Waals surface area contributed by atoms with E-state index in [-0.39, 0.29) is 0 Å². The number of fused-ring (bicyclic) bond motifs is 3. The molecule has 0 saturated carbocycles. The first-order chi connectivity index (χ1) is 12.3. The van der Waals surface area contributed by atoms with Gasteiger partial charge < -0.3 is 4.57 Å². The second-order valence-electron chi connectivity index (χ2n) is 6.64. The lowest BCUT2D eigenvalue weighted by molar-refractivity contribution is 0.717. The summed E-state index contributed by atoms with van der Waals surface area (Å²) in [5.74, 6) is 0. The van der Waals surface area contributed by atoms with Gasteiger partial charge in [-0.2, -0.15) is 0 Å². The minimum Gasteiger partial charge on any atom is -0.309 e. The van der Waals surface area contributed by atoms with Crippen molar-refractivity contribution in [2.75, 3.05) is 0 Å². The predicted octanol–water partition coefficient (Wildman–Crippen LogP) is 7.28. The summed E-state index contributed by atoms with van der Waals surface area (Å²) in [5.41, 5.74) is 5.16. The van der Waals surface area contributed by atoms with Crippen molar-refractivity contribution >= 4 is 37.7 Å². The molecule has 0 radical (unpaired) electrons. The van der Waals surface area contributed by atoms with E-state index >= 15 is 0 Å². The first-order valence-electron chi connectivity index (χ1n) is 9.06. The summed E-state index contributed by atoms with van der Waals surface area (Å²) in [6.45, 7) is 2.25. The zero-order chi connectivity index (χ0) is 17.2. The molecule has 1 nitrogen and oxygen atoms in total. The number of hydrogen-bond acceptors (Lipinski definition) is 0. The van der Waals surface area contributed by atoms with E-state index in [0.717, 1.165) is 4.47 Å². The molecule has 4 aromatic rings. The van der Waals surface area contributed by atoms with E-state index < -0.39 is 0 Å². The largest absolute Gasteiger partial charge is 0.309 e.